The van der Waals surface area contributed by atoms with Crippen LogP contribution in [0.3, 0.4) is 0 Å². The molecule has 1 rings (SSSR count). The van der Waals surface area contributed by atoms with Gasteiger partial charge in [0, 0.05) is 18.2 Å². The Bertz CT molecular complexity index is 273. The van der Waals surface area contributed by atoms with Crippen LogP contribution in [0.1, 0.15) is 18.0 Å². The normalized spacial score (nSPS) is 12.4. The summed E-state index contributed by atoms with van der Waals surface area (Å²) in [4.78, 5) is 10.2. The van der Waals surface area contributed by atoms with Crippen LogP contribution < -0.4 is 11.5 Å². The minimum absolute atomic E-state index is 0.231. The molecule has 0 spiro atoms. The summed E-state index contributed by atoms with van der Waals surface area (Å²) < 4.78 is 0. The molecule has 0 aliphatic heterocycles. The Labute approximate surface area is 71.4 Å². The second kappa shape index (κ2) is 3.88. The zero-order chi connectivity index (χ0) is 8.97. The maximum Gasteiger partial charge on any atom is 0.121 e. The van der Waals surface area contributed by atoms with Crippen LogP contribution in [-0.2, 0) is 4.79 Å². The van der Waals surface area contributed by atoms with Crippen LogP contribution in [0.15, 0.2) is 24.3 Å². The van der Waals surface area contributed by atoms with Gasteiger partial charge in [0.15, 0.2) is 0 Å². The average Bonchev–Trinajstić information content (AvgIpc) is 2.05. The van der Waals surface area contributed by atoms with Gasteiger partial charge < -0.3 is 16.3 Å². The summed E-state index contributed by atoms with van der Waals surface area (Å²) in [6.07, 6.45) is 1.15. The molecule has 0 saturated carbocycles. The van der Waals surface area contributed by atoms with E-state index in [4.69, 9.17) is 11.5 Å². The molecule has 64 valence electrons. The molecular weight excluding hydrogens is 152 g/mol. The predicted octanol–water partition coefficient (Wildman–Crippen LogP) is 0.858. The number of rotatable bonds is 3. The van der Waals surface area contributed by atoms with E-state index >= 15 is 0 Å². The topological polar surface area (TPSA) is 69.1 Å². The van der Waals surface area contributed by atoms with E-state index < -0.39 is 0 Å². The number of carbonyl (C=O) groups excluding carboxylic acids is 1. The molecule has 3 nitrogen and oxygen atoms in total. The van der Waals surface area contributed by atoms with E-state index in [-0.39, 0.29) is 6.04 Å². The fourth-order valence-electron chi connectivity index (χ4n) is 1.03. The molecule has 1 aromatic rings. The summed E-state index contributed by atoms with van der Waals surface area (Å²) in [5, 5.41) is 0. The van der Waals surface area contributed by atoms with Gasteiger partial charge in [0.1, 0.15) is 6.29 Å². The van der Waals surface area contributed by atoms with Gasteiger partial charge in [-0.05, 0) is 17.7 Å². The highest BCUT2D eigenvalue weighted by molar-refractivity contribution is 5.52. The van der Waals surface area contributed by atoms with Crippen molar-refractivity contribution in [3.8, 4) is 0 Å². The summed E-state index contributed by atoms with van der Waals surface area (Å²) >= 11 is 0. The highest BCUT2D eigenvalue weighted by Crippen LogP contribution is 2.15. The molecule has 0 saturated heterocycles. The van der Waals surface area contributed by atoms with Gasteiger partial charge >= 0.3 is 0 Å². The lowest BCUT2D eigenvalue weighted by Crippen LogP contribution is -2.10. The maximum atomic E-state index is 10.2. The molecule has 1 aromatic carbocycles. The molecule has 0 aromatic heterocycles. The number of nitrogen functional groups attached to an aromatic ring is 1. The van der Waals surface area contributed by atoms with Gasteiger partial charge in [0.2, 0.25) is 0 Å². The van der Waals surface area contributed by atoms with Gasteiger partial charge in [0.25, 0.3) is 0 Å². The number of anilines is 1. The minimum atomic E-state index is -0.231. The quantitative estimate of drug-likeness (QED) is 0.514. The number of hydrogen-bond donors (Lipinski definition) is 2. The van der Waals surface area contributed by atoms with E-state index in [9.17, 15) is 4.79 Å². The lowest BCUT2D eigenvalue weighted by atomic mass is 10.1. The molecular formula is C9H12N2O. The highest BCUT2D eigenvalue weighted by Gasteiger charge is 2.03. The first-order chi connectivity index (χ1) is 5.74. The molecule has 0 heterocycles. The largest absolute Gasteiger partial charge is 0.399 e. The van der Waals surface area contributed by atoms with Crippen molar-refractivity contribution in [3.63, 3.8) is 0 Å². The summed E-state index contributed by atoms with van der Waals surface area (Å²) in [6, 6.07) is 7.04. The van der Waals surface area contributed by atoms with Crippen molar-refractivity contribution in [2.45, 2.75) is 12.5 Å². The molecule has 0 aliphatic carbocycles. The molecule has 12 heavy (non-hydrogen) atoms. The average molecular weight is 164 g/mol. The Balaban J connectivity index is 2.80. The third kappa shape index (κ3) is 2.07. The van der Waals surface area contributed by atoms with Crippen LogP contribution in [0.2, 0.25) is 0 Å². The molecule has 0 radical (unpaired) electrons. The molecule has 1 unspecified atom stereocenters. The molecule has 0 aliphatic rings. The SMILES string of the molecule is Nc1cccc(C(N)CC=O)c1. The van der Waals surface area contributed by atoms with E-state index in [1.54, 1.807) is 12.1 Å². The monoisotopic (exact) mass is 164 g/mol. The molecule has 0 bridgehead atoms. The van der Waals surface area contributed by atoms with Gasteiger partial charge in [-0.2, -0.15) is 0 Å². The van der Waals surface area contributed by atoms with Gasteiger partial charge in [-0.15, -0.1) is 0 Å². The summed E-state index contributed by atoms with van der Waals surface area (Å²) in [6.45, 7) is 0. The van der Waals surface area contributed by atoms with Crippen molar-refractivity contribution < 1.29 is 4.79 Å². The van der Waals surface area contributed by atoms with Gasteiger partial charge in [0.05, 0.1) is 0 Å². The molecule has 1 atom stereocenters. The van der Waals surface area contributed by atoms with Gasteiger partial charge in [-0.3, -0.25) is 0 Å². The first-order valence-corrected chi connectivity index (χ1v) is 3.78. The van der Waals surface area contributed by atoms with E-state index in [0.717, 1.165) is 11.8 Å². The summed E-state index contributed by atoms with van der Waals surface area (Å²) in [5.74, 6) is 0. The first kappa shape index (κ1) is 8.74. The first-order valence-electron chi connectivity index (χ1n) is 3.78. The van der Waals surface area contributed by atoms with Crippen LogP contribution in [0, 0.1) is 0 Å². The smallest absolute Gasteiger partial charge is 0.121 e. The van der Waals surface area contributed by atoms with Gasteiger partial charge in [-0.25, -0.2) is 0 Å². The van der Waals surface area contributed by atoms with Crippen molar-refractivity contribution in [2.24, 2.45) is 5.73 Å². The Hall–Kier alpha value is -1.35. The zero-order valence-electron chi connectivity index (χ0n) is 6.73. The predicted molar refractivity (Wildman–Crippen MR) is 48.5 cm³/mol. The van der Waals surface area contributed by atoms with Crippen molar-refractivity contribution >= 4 is 12.0 Å². The minimum Gasteiger partial charge on any atom is -0.399 e. The lowest BCUT2D eigenvalue weighted by Gasteiger charge is -2.08. The Morgan fingerprint density at radius 3 is 2.83 bits per heavy atom. The summed E-state index contributed by atoms with van der Waals surface area (Å²) in [5.41, 5.74) is 12.8. The van der Waals surface area contributed by atoms with Crippen LogP contribution in [0.5, 0.6) is 0 Å². The highest BCUT2D eigenvalue weighted by atomic mass is 16.1. The number of hydrogen-bond acceptors (Lipinski definition) is 3. The van der Waals surface area contributed by atoms with Crippen LogP contribution in [-0.4, -0.2) is 6.29 Å². The van der Waals surface area contributed by atoms with Crippen molar-refractivity contribution in [3.05, 3.63) is 29.8 Å². The van der Waals surface area contributed by atoms with Crippen LogP contribution in [0.4, 0.5) is 5.69 Å². The second-order valence-electron chi connectivity index (χ2n) is 2.68. The maximum absolute atomic E-state index is 10.2. The van der Waals surface area contributed by atoms with E-state index in [2.05, 4.69) is 0 Å². The van der Waals surface area contributed by atoms with Crippen LogP contribution in [0.25, 0.3) is 0 Å². The van der Waals surface area contributed by atoms with E-state index in [1.165, 1.54) is 0 Å². The molecule has 0 amide bonds. The summed E-state index contributed by atoms with van der Waals surface area (Å²) in [7, 11) is 0. The number of carbonyl (C=O) groups is 1. The number of benzene rings is 1. The lowest BCUT2D eigenvalue weighted by molar-refractivity contribution is -0.108. The van der Waals surface area contributed by atoms with E-state index in [0.29, 0.717) is 12.1 Å². The van der Waals surface area contributed by atoms with Crippen LogP contribution >= 0.6 is 0 Å². The Kier molecular flexibility index (Phi) is 2.82. The van der Waals surface area contributed by atoms with E-state index in [1.807, 2.05) is 12.1 Å². The molecule has 4 N–H and O–H groups in total. The van der Waals surface area contributed by atoms with Gasteiger partial charge in [-0.1, -0.05) is 12.1 Å². The third-order valence-electron chi connectivity index (χ3n) is 1.69. The zero-order valence-corrected chi connectivity index (χ0v) is 6.73. The Morgan fingerprint density at radius 2 is 2.25 bits per heavy atom. The Morgan fingerprint density at radius 1 is 1.50 bits per heavy atom. The number of nitrogens with two attached hydrogens (primary N) is 2. The molecule has 0 fully saturated rings. The second-order valence-corrected chi connectivity index (χ2v) is 2.68. The molecule has 3 heteroatoms. The third-order valence-corrected chi connectivity index (χ3v) is 1.69. The number of aldehydes is 1. The fraction of sp³-hybridized carbons (Fsp3) is 0.222. The van der Waals surface area contributed by atoms with Crippen molar-refractivity contribution in [2.75, 3.05) is 5.73 Å². The van der Waals surface area contributed by atoms with Crippen molar-refractivity contribution in [1.29, 1.82) is 0 Å². The fourth-order valence-corrected chi connectivity index (χ4v) is 1.03. The standard InChI is InChI=1S/C9H12N2O/c10-8-3-1-2-7(6-8)9(11)4-5-12/h1-3,5-6,9H,4,10-11H2. The van der Waals surface area contributed by atoms with Crippen molar-refractivity contribution in [1.82, 2.24) is 0 Å².